The predicted molar refractivity (Wildman–Crippen MR) is 100 cm³/mol. The van der Waals surface area contributed by atoms with E-state index in [0.29, 0.717) is 30.4 Å². The van der Waals surface area contributed by atoms with Gasteiger partial charge in [-0.25, -0.2) is 13.4 Å². The highest BCUT2D eigenvalue weighted by Gasteiger charge is 2.38. The number of ether oxygens (including phenoxy) is 1. The predicted octanol–water partition coefficient (Wildman–Crippen LogP) is 1.59. The quantitative estimate of drug-likeness (QED) is 0.846. The van der Waals surface area contributed by atoms with Gasteiger partial charge in [0.2, 0.25) is 0 Å². The van der Waals surface area contributed by atoms with Gasteiger partial charge in [0.15, 0.2) is 5.03 Å². The van der Waals surface area contributed by atoms with Gasteiger partial charge in [-0.3, -0.25) is 0 Å². The summed E-state index contributed by atoms with van der Waals surface area (Å²) in [6, 6.07) is 7.29. The summed E-state index contributed by atoms with van der Waals surface area (Å²) in [6.45, 7) is 2.33. The third-order valence-electron chi connectivity index (χ3n) is 4.95. The van der Waals surface area contributed by atoms with Gasteiger partial charge in [0.25, 0.3) is 10.0 Å². The van der Waals surface area contributed by atoms with E-state index in [1.807, 2.05) is 28.8 Å². The highest BCUT2D eigenvalue weighted by Crippen LogP contribution is 2.34. The molecule has 1 fully saturated rings. The monoisotopic (exact) mass is 398 g/mol. The summed E-state index contributed by atoms with van der Waals surface area (Å²) in [7, 11) is -2.02. The van der Waals surface area contributed by atoms with Crippen LogP contribution >= 0.6 is 12.4 Å². The second-order valence-electron chi connectivity index (χ2n) is 6.35. The normalized spacial score (nSPS) is 20.4. The molecule has 9 heteroatoms. The molecule has 1 aromatic carbocycles. The molecular formula is C17H23ClN4O3S. The lowest BCUT2D eigenvalue weighted by atomic mass is 10.0. The Morgan fingerprint density at radius 3 is 2.88 bits per heavy atom. The highest BCUT2D eigenvalue weighted by atomic mass is 35.5. The second-order valence-corrected chi connectivity index (χ2v) is 8.18. The number of nitrogens with zero attached hydrogens (tertiary/aromatic N) is 3. The topological polar surface area (TPSA) is 76.5 Å². The lowest BCUT2D eigenvalue weighted by Gasteiger charge is -2.35. The van der Waals surface area contributed by atoms with Gasteiger partial charge in [-0.05, 0) is 12.5 Å². The minimum Gasteiger partial charge on any atom is -0.496 e. The van der Waals surface area contributed by atoms with Crippen LogP contribution in [-0.4, -0.2) is 49.0 Å². The minimum atomic E-state index is -3.63. The van der Waals surface area contributed by atoms with Crippen molar-refractivity contribution >= 4 is 22.4 Å². The van der Waals surface area contributed by atoms with Crippen LogP contribution < -0.4 is 10.1 Å². The fourth-order valence-corrected chi connectivity index (χ4v) is 5.49. The van der Waals surface area contributed by atoms with Crippen LogP contribution in [0.25, 0.3) is 0 Å². The number of hydrogen-bond acceptors (Lipinski definition) is 5. The van der Waals surface area contributed by atoms with Crippen LogP contribution in [0.4, 0.5) is 0 Å². The third-order valence-corrected chi connectivity index (χ3v) is 6.86. The van der Waals surface area contributed by atoms with Crippen molar-refractivity contribution in [2.45, 2.75) is 30.5 Å². The van der Waals surface area contributed by atoms with Crippen molar-refractivity contribution in [1.29, 1.82) is 0 Å². The number of para-hydroxylation sites is 1. The SMILES string of the molecule is COc1ccccc1C1CNCCN1S(=O)(=O)c1cnc2n1CCC2.Cl. The van der Waals surface area contributed by atoms with Crippen molar-refractivity contribution in [3.05, 3.63) is 41.9 Å². The van der Waals surface area contributed by atoms with Gasteiger partial charge in [0.1, 0.15) is 11.6 Å². The first-order chi connectivity index (χ1) is 12.1. The van der Waals surface area contributed by atoms with E-state index in [4.69, 9.17) is 4.74 Å². The molecule has 2 aromatic rings. The zero-order valence-electron chi connectivity index (χ0n) is 14.6. The molecule has 1 saturated heterocycles. The molecule has 2 aliphatic heterocycles. The molecule has 1 atom stereocenters. The molecule has 3 heterocycles. The first-order valence-electron chi connectivity index (χ1n) is 8.53. The molecule has 0 amide bonds. The van der Waals surface area contributed by atoms with Crippen molar-refractivity contribution in [1.82, 2.24) is 19.2 Å². The minimum absolute atomic E-state index is 0. The summed E-state index contributed by atoms with van der Waals surface area (Å²) in [5.41, 5.74) is 0.877. The summed E-state index contributed by atoms with van der Waals surface area (Å²) >= 11 is 0. The van der Waals surface area contributed by atoms with Gasteiger partial charge in [0.05, 0.1) is 19.3 Å². The van der Waals surface area contributed by atoms with Gasteiger partial charge >= 0.3 is 0 Å². The summed E-state index contributed by atoms with van der Waals surface area (Å²) in [5.74, 6) is 1.57. The van der Waals surface area contributed by atoms with Gasteiger partial charge in [-0.1, -0.05) is 18.2 Å². The van der Waals surface area contributed by atoms with Crippen molar-refractivity contribution < 1.29 is 13.2 Å². The fourth-order valence-electron chi connectivity index (χ4n) is 3.74. The van der Waals surface area contributed by atoms with Gasteiger partial charge in [0, 0.05) is 38.2 Å². The lowest BCUT2D eigenvalue weighted by molar-refractivity contribution is 0.263. The molecule has 142 valence electrons. The van der Waals surface area contributed by atoms with Crippen LogP contribution in [0.15, 0.2) is 35.5 Å². The van der Waals surface area contributed by atoms with E-state index in [-0.39, 0.29) is 18.4 Å². The van der Waals surface area contributed by atoms with Crippen LogP contribution in [0.2, 0.25) is 0 Å². The standard InChI is InChI=1S/C17H22N4O3S.ClH/c1-24-15-6-3-2-5-13(15)14-11-18-8-10-21(14)25(22,23)17-12-19-16-7-4-9-20(16)17;/h2-3,5-6,12,14,18H,4,7-11H2,1H3;1H. The Bertz CT molecular complexity index is 884. The van der Waals surface area contributed by atoms with Crippen LogP contribution in [0.3, 0.4) is 0 Å². The summed E-state index contributed by atoms with van der Waals surface area (Å²) in [6.07, 6.45) is 3.29. The number of benzene rings is 1. The lowest BCUT2D eigenvalue weighted by Crippen LogP contribution is -2.49. The van der Waals surface area contributed by atoms with Crippen molar-refractivity contribution in [3.8, 4) is 5.75 Å². The first-order valence-corrected chi connectivity index (χ1v) is 9.97. The first kappa shape index (κ1) is 19.2. The fraction of sp³-hybridized carbons (Fsp3) is 0.471. The number of halogens is 1. The van der Waals surface area contributed by atoms with E-state index in [1.54, 1.807) is 11.4 Å². The molecule has 7 nitrogen and oxygen atoms in total. The Hall–Kier alpha value is -1.61. The zero-order chi connectivity index (χ0) is 17.4. The maximum Gasteiger partial charge on any atom is 0.260 e. The molecule has 26 heavy (non-hydrogen) atoms. The number of rotatable bonds is 4. The zero-order valence-corrected chi connectivity index (χ0v) is 16.2. The van der Waals surface area contributed by atoms with Crippen molar-refractivity contribution in [3.63, 3.8) is 0 Å². The van der Waals surface area contributed by atoms with E-state index in [1.165, 1.54) is 6.20 Å². The molecule has 0 bridgehead atoms. The summed E-state index contributed by atoms with van der Waals surface area (Å²) in [4.78, 5) is 4.31. The molecule has 0 spiro atoms. The van der Waals surface area contributed by atoms with Gasteiger partial charge in [-0.15, -0.1) is 12.4 Å². The molecule has 4 rings (SSSR count). The van der Waals surface area contributed by atoms with E-state index < -0.39 is 10.0 Å². The number of sulfonamides is 1. The number of aryl methyl sites for hydroxylation is 1. The second kappa shape index (κ2) is 7.56. The van der Waals surface area contributed by atoms with Gasteiger partial charge < -0.3 is 14.6 Å². The number of imidazole rings is 1. The molecule has 2 aliphatic rings. The number of hydrogen-bond donors (Lipinski definition) is 1. The van der Waals surface area contributed by atoms with Crippen LogP contribution in [0.5, 0.6) is 5.75 Å². The van der Waals surface area contributed by atoms with E-state index in [9.17, 15) is 8.42 Å². The molecule has 0 radical (unpaired) electrons. The Morgan fingerprint density at radius 2 is 2.08 bits per heavy atom. The number of piperazine rings is 1. The molecule has 1 N–H and O–H groups in total. The van der Waals surface area contributed by atoms with Crippen LogP contribution in [-0.2, 0) is 23.0 Å². The maximum absolute atomic E-state index is 13.4. The van der Waals surface area contributed by atoms with E-state index in [0.717, 1.165) is 30.8 Å². The average Bonchev–Trinajstić information content (AvgIpc) is 3.25. The molecule has 0 aliphatic carbocycles. The van der Waals surface area contributed by atoms with Gasteiger partial charge in [-0.2, -0.15) is 4.31 Å². The Balaban J connectivity index is 0.00000196. The molecular weight excluding hydrogens is 376 g/mol. The molecule has 0 saturated carbocycles. The van der Waals surface area contributed by atoms with Crippen LogP contribution in [0, 0.1) is 0 Å². The summed E-state index contributed by atoms with van der Waals surface area (Å²) in [5, 5.41) is 3.61. The number of aromatic nitrogens is 2. The largest absolute Gasteiger partial charge is 0.496 e. The van der Waals surface area contributed by atoms with Crippen LogP contribution in [0.1, 0.15) is 23.9 Å². The molecule has 1 aromatic heterocycles. The Kier molecular flexibility index (Phi) is 5.57. The maximum atomic E-state index is 13.4. The average molecular weight is 399 g/mol. The number of fused-ring (bicyclic) bond motifs is 1. The number of nitrogens with one attached hydrogen (secondary N) is 1. The number of methoxy groups -OCH3 is 1. The summed E-state index contributed by atoms with van der Waals surface area (Å²) < 4.78 is 35.7. The smallest absolute Gasteiger partial charge is 0.260 e. The van der Waals surface area contributed by atoms with E-state index >= 15 is 0 Å². The Morgan fingerprint density at radius 1 is 1.27 bits per heavy atom. The van der Waals surface area contributed by atoms with E-state index in [2.05, 4.69) is 10.3 Å². The van der Waals surface area contributed by atoms with Crippen molar-refractivity contribution in [2.75, 3.05) is 26.7 Å². The van der Waals surface area contributed by atoms with Crippen molar-refractivity contribution in [2.24, 2.45) is 0 Å². The third kappa shape index (κ3) is 3.11. The molecule has 1 unspecified atom stereocenters. The Labute approximate surface area is 159 Å². The highest BCUT2D eigenvalue weighted by molar-refractivity contribution is 7.89.